The fourth-order valence-corrected chi connectivity index (χ4v) is 3.99. The number of hydrogen-bond acceptors (Lipinski definition) is 7. The van der Waals surface area contributed by atoms with Crippen LogP contribution in [0.25, 0.3) is 11.0 Å². The van der Waals surface area contributed by atoms with Crippen molar-refractivity contribution in [3.05, 3.63) is 34.2 Å². The topological polar surface area (TPSA) is 130 Å². The Kier molecular flexibility index (Phi) is 8.68. The van der Waals surface area contributed by atoms with Crippen LogP contribution in [0.15, 0.2) is 23.0 Å². The first-order valence-corrected chi connectivity index (χ1v) is 11.7. The molecular formula is C24H34N4O7. The van der Waals surface area contributed by atoms with Gasteiger partial charge in [0.05, 0.1) is 37.5 Å². The van der Waals surface area contributed by atoms with E-state index in [1.807, 2.05) is 18.2 Å². The lowest BCUT2D eigenvalue weighted by molar-refractivity contribution is -0.135. The number of aromatic nitrogens is 2. The molecule has 2 heterocycles. The van der Waals surface area contributed by atoms with Crippen molar-refractivity contribution in [1.29, 1.82) is 0 Å². The molecule has 11 nitrogen and oxygen atoms in total. The number of piperidine rings is 1. The zero-order valence-corrected chi connectivity index (χ0v) is 20.7. The highest BCUT2D eigenvalue weighted by Gasteiger charge is 2.31. The largest absolute Gasteiger partial charge is 0.444 e. The quantitative estimate of drug-likeness (QED) is 0.381. The lowest BCUT2D eigenvalue weighted by Crippen LogP contribution is -2.44. The number of alkyl carbamates (subject to hydrolysis) is 1. The number of fused-ring (bicyclic) bond motifs is 1. The predicted octanol–water partition coefficient (Wildman–Crippen LogP) is 1.42. The number of imide groups is 1. The second kappa shape index (κ2) is 11.5. The number of amides is 3. The maximum absolute atomic E-state index is 13.0. The number of para-hydroxylation sites is 1. The van der Waals surface area contributed by atoms with Crippen LogP contribution < -0.4 is 16.3 Å². The summed E-state index contributed by atoms with van der Waals surface area (Å²) < 4.78 is 19.3. The SMILES string of the molecule is Cn1c(=O)n(C2CCC(=O)NC2=O)c2cccc(CCOCCOCCNC(=O)OC(C)(C)C)c21. The average molecular weight is 491 g/mol. The molecule has 1 aliphatic rings. The molecule has 1 saturated heterocycles. The molecule has 1 aromatic carbocycles. The normalized spacial score (nSPS) is 16.4. The van der Waals surface area contributed by atoms with Gasteiger partial charge in [-0.05, 0) is 45.2 Å². The first-order valence-electron chi connectivity index (χ1n) is 11.7. The number of carbonyl (C=O) groups excluding carboxylic acids is 3. The van der Waals surface area contributed by atoms with Gasteiger partial charge in [-0.15, -0.1) is 0 Å². The van der Waals surface area contributed by atoms with Crippen LogP contribution in [-0.4, -0.2) is 65.6 Å². The van der Waals surface area contributed by atoms with E-state index in [1.54, 1.807) is 27.8 Å². The van der Waals surface area contributed by atoms with E-state index in [9.17, 15) is 19.2 Å². The van der Waals surface area contributed by atoms with E-state index in [4.69, 9.17) is 14.2 Å². The molecule has 192 valence electrons. The molecule has 0 bridgehead atoms. The molecule has 3 rings (SSSR count). The number of carbonyl (C=O) groups is 3. The molecule has 3 amide bonds. The summed E-state index contributed by atoms with van der Waals surface area (Å²) in [5.74, 6) is -0.772. The predicted molar refractivity (Wildman–Crippen MR) is 128 cm³/mol. The highest BCUT2D eigenvalue weighted by molar-refractivity contribution is 6.00. The Morgan fingerprint density at radius 1 is 1.11 bits per heavy atom. The fraction of sp³-hybridized carbons (Fsp3) is 0.583. The van der Waals surface area contributed by atoms with E-state index in [2.05, 4.69) is 10.6 Å². The van der Waals surface area contributed by atoms with Gasteiger partial charge in [0.15, 0.2) is 0 Å². The van der Waals surface area contributed by atoms with Crippen molar-refractivity contribution < 1.29 is 28.6 Å². The van der Waals surface area contributed by atoms with Gasteiger partial charge in [-0.1, -0.05) is 12.1 Å². The molecule has 1 atom stereocenters. The van der Waals surface area contributed by atoms with Crippen LogP contribution in [0.2, 0.25) is 0 Å². The molecule has 0 saturated carbocycles. The molecule has 0 aliphatic carbocycles. The second-order valence-corrected chi connectivity index (χ2v) is 9.37. The van der Waals surface area contributed by atoms with Gasteiger partial charge < -0.3 is 19.5 Å². The lowest BCUT2D eigenvalue weighted by Gasteiger charge is -2.21. The summed E-state index contributed by atoms with van der Waals surface area (Å²) in [5.41, 5.74) is 1.50. The van der Waals surface area contributed by atoms with Crippen LogP contribution in [0.1, 0.15) is 45.2 Å². The van der Waals surface area contributed by atoms with Crippen molar-refractivity contribution in [3.8, 4) is 0 Å². The minimum absolute atomic E-state index is 0.200. The van der Waals surface area contributed by atoms with Gasteiger partial charge in [-0.2, -0.15) is 0 Å². The van der Waals surface area contributed by atoms with Crippen molar-refractivity contribution in [2.24, 2.45) is 7.05 Å². The van der Waals surface area contributed by atoms with E-state index < -0.39 is 23.6 Å². The van der Waals surface area contributed by atoms with Crippen molar-refractivity contribution in [3.63, 3.8) is 0 Å². The number of nitrogens with one attached hydrogen (secondary N) is 2. The summed E-state index contributed by atoms with van der Waals surface area (Å²) in [6, 6.07) is 4.88. The maximum Gasteiger partial charge on any atom is 0.407 e. The van der Waals surface area contributed by atoms with Crippen LogP contribution in [0.4, 0.5) is 4.79 Å². The zero-order valence-electron chi connectivity index (χ0n) is 20.7. The standard InChI is InChI=1S/C24H34N4O7/c1-24(2,3)35-22(31)25-11-13-34-15-14-33-12-10-16-6-5-7-17-20(16)27(4)23(32)28(17)18-8-9-19(29)26-21(18)30/h5-7,18H,8-15H2,1-4H3,(H,25,31)(H,26,29,30). The minimum Gasteiger partial charge on any atom is -0.444 e. The lowest BCUT2D eigenvalue weighted by atomic mass is 10.1. The van der Waals surface area contributed by atoms with Crippen molar-refractivity contribution >= 4 is 28.9 Å². The molecule has 1 fully saturated rings. The van der Waals surface area contributed by atoms with Gasteiger partial charge in [-0.25, -0.2) is 9.59 Å². The molecule has 1 unspecified atom stereocenters. The molecule has 11 heteroatoms. The Labute approximate surface area is 203 Å². The van der Waals surface area contributed by atoms with Crippen molar-refractivity contribution in [2.75, 3.05) is 33.0 Å². The van der Waals surface area contributed by atoms with Crippen LogP contribution >= 0.6 is 0 Å². The highest BCUT2D eigenvalue weighted by Crippen LogP contribution is 2.25. The van der Waals surface area contributed by atoms with Crippen molar-refractivity contribution in [1.82, 2.24) is 19.8 Å². The summed E-state index contributed by atoms with van der Waals surface area (Å²) in [5, 5.41) is 4.94. The third kappa shape index (κ3) is 6.92. The number of aryl methyl sites for hydroxylation is 1. The van der Waals surface area contributed by atoms with E-state index in [0.29, 0.717) is 51.3 Å². The summed E-state index contributed by atoms with van der Waals surface area (Å²) in [7, 11) is 1.68. The van der Waals surface area contributed by atoms with Gasteiger partial charge in [0, 0.05) is 20.0 Å². The Morgan fingerprint density at radius 2 is 1.83 bits per heavy atom. The summed E-state index contributed by atoms with van der Waals surface area (Å²) in [6.07, 6.45) is 0.591. The molecule has 0 radical (unpaired) electrons. The molecule has 0 spiro atoms. The Morgan fingerprint density at radius 3 is 2.51 bits per heavy atom. The summed E-state index contributed by atoms with van der Waals surface area (Å²) >= 11 is 0. The van der Waals surface area contributed by atoms with Crippen LogP contribution in [0.5, 0.6) is 0 Å². The molecule has 1 aromatic heterocycles. The monoisotopic (exact) mass is 490 g/mol. The number of nitrogens with zero attached hydrogens (tertiary/aromatic N) is 2. The first kappa shape index (κ1) is 26.4. The van der Waals surface area contributed by atoms with E-state index in [1.165, 1.54) is 9.13 Å². The van der Waals surface area contributed by atoms with Gasteiger partial charge in [0.25, 0.3) is 0 Å². The number of ether oxygens (including phenoxy) is 3. The third-order valence-electron chi connectivity index (χ3n) is 5.51. The van der Waals surface area contributed by atoms with E-state index in [-0.39, 0.29) is 18.0 Å². The second-order valence-electron chi connectivity index (χ2n) is 9.37. The highest BCUT2D eigenvalue weighted by atomic mass is 16.6. The number of benzene rings is 1. The third-order valence-corrected chi connectivity index (χ3v) is 5.51. The molecular weight excluding hydrogens is 456 g/mol. The van der Waals surface area contributed by atoms with Gasteiger partial charge in [0.2, 0.25) is 11.8 Å². The zero-order chi connectivity index (χ0) is 25.6. The fourth-order valence-electron chi connectivity index (χ4n) is 3.99. The number of hydrogen-bond donors (Lipinski definition) is 2. The van der Waals surface area contributed by atoms with Gasteiger partial charge in [-0.3, -0.25) is 24.0 Å². The average Bonchev–Trinajstić information content (AvgIpc) is 3.02. The molecule has 2 N–H and O–H groups in total. The number of rotatable bonds is 10. The van der Waals surface area contributed by atoms with Gasteiger partial charge >= 0.3 is 11.8 Å². The van der Waals surface area contributed by atoms with Gasteiger partial charge in [0.1, 0.15) is 11.6 Å². The molecule has 35 heavy (non-hydrogen) atoms. The Bertz CT molecular complexity index is 1130. The Hall–Kier alpha value is -3.18. The molecule has 1 aliphatic heterocycles. The minimum atomic E-state index is -0.711. The summed E-state index contributed by atoms with van der Waals surface area (Å²) in [4.78, 5) is 48.4. The van der Waals surface area contributed by atoms with E-state index >= 15 is 0 Å². The first-order chi connectivity index (χ1) is 16.6. The van der Waals surface area contributed by atoms with Crippen LogP contribution in [0, 0.1) is 0 Å². The molecule has 2 aromatic rings. The van der Waals surface area contributed by atoms with Crippen LogP contribution in [0.3, 0.4) is 0 Å². The number of imidazole rings is 1. The smallest absolute Gasteiger partial charge is 0.407 e. The summed E-state index contributed by atoms with van der Waals surface area (Å²) in [6.45, 7) is 7.28. The van der Waals surface area contributed by atoms with Crippen LogP contribution in [-0.2, 0) is 37.3 Å². The van der Waals surface area contributed by atoms with E-state index in [0.717, 1.165) is 11.1 Å². The maximum atomic E-state index is 13.0. The Balaban J connectivity index is 1.48. The van der Waals surface area contributed by atoms with Crippen molar-refractivity contribution in [2.45, 2.75) is 51.7 Å².